The van der Waals surface area contributed by atoms with Gasteiger partial charge in [-0.25, -0.2) is 0 Å². The normalized spacial score (nSPS) is 30.9. The van der Waals surface area contributed by atoms with Crippen molar-refractivity contribution in [3.8, 4) is 11.5 Å². The SMILES string of the molecule is CC1(C)[C@H]2C=C(N/N=C\c3ccc4c(c3)OCO4)[C@@]1(C)CC2. The Labute approximate surface area is 131 Å². The van der Waals surface area contributed by atoms with Crippen molar-refractivity contribution in [1.82, 2.24) is 5.43 Å². The molecule has 116 valence electrons. The van der Waals surface area contributed by atoms with Crippen LogP contribution in [0.25, 0.3) is 0 Å². The summed E-state index contributed by atoms with van der Waals surface area (Å²) in [5, 5.41) is 4.44. The number of ether oxygens (including phenoxy) is 2. The Hall–Kier alpha value is -1.97. The molecule has 0 aromatic heterocycles. The summed E-state index contributed by atoms with van der Waals surface area (Å²) in [6, 6.07) is 5.86. The van der Waals surface area contributed by atoms with Gasteiger partial charge in [-0.2, -0.15) is 5.10 Å². The van der Waals surface area contributed by atoms with Crippen LogP contribution >= 0.6 is 0 Å². The van der Waals surface area contributed by atoms with Crippen LogP contribution in [0.2, 0.25) is 0 Å². The molecule has 4 nitrogen and oxygen atoms in total. The van der Waals surface area contributed by atoms with Gasteiger partial charge >= 0.3 is 0 Å². The van der Waals surface area contributed by atoms with Crippen LogP contribution in [0.3, 0.4) is 0 Å². The van der Waals surface area contributed by atoms with Crippen LogP contribution in [0.1, 0.15) is 39.2 Å². The third-order valence-electron chi connectivity index (χ3n) is 6.06. The molecule has 0 saturated heterocycles. The van der Waals surface area contributed by atoms with Gasteiger partial charge in [0, 0.05) is 11.1 Å². The van der Waals surface area contributed by atoms with Crippen molar-refractivity contribution in [3.05, 3.63) is 35.5 Å². The molecule has 2 atom stereocenters. The van der Waals surface area contributed by atoms with E-state index in [1.807, 2.05) is 24.4 Å². The average molecular weight is 298 g/mol. The van der Waals surface area contributed by atoms with Crippen molar-refractivity contribution >= 4 is 6.21 Å². The van der Waals surface area contributed by atoms with Crippen molar-refractivity contribution in [1.29, 1.82) is 0 Å². The number of hydrazone groups is 1. The molecule has 0 unspecified atom stereocenters. The van der Waals surface area contributed by atoms with Crippen LogP contribution in [0, 0.1) is 16.7 Å². The number of benzene rings is 1. The van der Waals surface area contributed by atoms with E-state index >= 15 is 0 Å². The predicted octanol–water partition coefficient (Wildman–Crippen LogP) is 3.68. The van der Waals surface area contributed by atoms with Crippen molar-refractivity contribution in [2.24, 2.45) is 21.8 Å². The van der Waals surface area contributed by atoms with E-state index in [9.17, 15) is 0 Å². The number of rotatable bonds is 3. The highest BCUT2D eigenvalue weighted by Gasteiger charge is 2.57. The first-order valence-electron chi connectivity index (χ1n) is 7.92. The maximum absolute atomic E-state index is 5.39. The minimum Gasteiger partial charge on any atom is -0.454 e. The summed E-state index contributed by atoms with van der Waals surface area (Å²) in [5.74, 6) is 2.26. The number of nitrogens with zero attached hydrogens (tertiary/aromatic N) is 1. The van der Waals surface area contributed by atoms with E-state index in [0.29, 0.717) is 18.1 Å². The maximum Gasteiger partial charge on any atom is 0.231 e. The zero-order chi connectivity index (χ0) is 15.4. The van der Waals surface area contributed by atoms with Gasteiger partial charge in [0.05, 0.1) is 6.21 Å². The Morgan fingerprint density at radius 3 is 2.77 bits per heavy atom. The molecule has 1 saturated carbocycles. The molecule has 1 aromatic carbocycles. The summed E-state index contributed by atoms with van der Waals surface area (Å²) in [6.07, 6.45) is 6.75. The lowest BCUT2D eigenvalue weighted by molar-refractivity contribution is 0.164. The third-order valence-corrected chi connectivity index (χ3v) is 6.06. The molecule has 4 rings (SSSR count). The lowest BCUT2D eigenvalue weighted by Gasteiger charge is -2.36. The third kappa shape index (κ3) is 1.79. The van der Waals surface area contributed by atoms with Gasteiger partial charge in [0.1, 0.15) is 0 Å². The largest absolute Gasteiger partial charge is 0.454 e. The molecule has 2 aliphatic carbocycles. The first-order valence-corrected chi connectivity index (χ1v) is 7.92. The minimum atomic E-state index is 0.212. The van der Waals surface area contributed by atoms with Crippen LogP contribution in [0.5, 0.6) is 11.5 Å². The van der Waals surface area contributed by atoms with E-state index in [0.717, 1.165) is 17.1 Å². The second-order valence-electron chi connectivity index (χ2n) is 7.26. The minimum absolute atomic E-state index is 0.212. The van der Waals surface area contributed by atoms with E-state index in [4.69, 9.17) is 9.47 Å². The standard InChI is InChI=1S/C18H22N2O2/c1-17(2)13-6-7-18(17,3)16(9-13)20-19-10-12-4-5-14-15(8-12)22-11-21-14/h4-5,8-10,13,20H,6-7,11H2,1-3H3/b19-10-/t13-,18-/m1/s1. The van der Waals surface area contributed by atoms with E-state index in [1.54, 1.807) is 0 Å². The first-order chi connectivity index (χ1) is 10.5. The molecule has 4 heteroatoms. The van der Waals surface area contributed by atoms with Crippen LogP contribution in [-0.4, -0.2) is 13.0 Å². The smallest absolute Gasteiger partial charge is 0.231 e. The molecule has 2 bridgehead atoms. The summed E-state index contributed by atoms with van der Waals surface area (Å²) in [7, 11) is 0. The summed E-state index contributed by atoms with van der Waals surface area (Å²) in [5.41, 5.74) is 6.09. The highest BCUT2D eigenvalue weighted by atomic mass is 16.7. The van der Waals surface area contributed by atoms with Crippen molar-refractivity contribution < 1.29 is 9.47 Å². The summed E-state index contributed by atoms with van der Waals surface area (Å²) in [4.78, 5) is 0. The van der Waals surface area contributed by atoms with E-state index < -0.39 is 0 Å². The van der Waals surface area contributed by atoms with Gasteiger partial charge in [0.15, 0.2) is 11.5 Å². The number of hydrogen-bond acceptors (Lipinski definition) is 4. The van der Waals surface area contributed by atoms with Gasteiger partial charge in [-0.15, -0.1) is 0 Å². The van der Waals surface area contributed by atoms with Crippen LogP contribution in [0.15, 0.2) is 35.1 Å². The lowest BCUT2D eigenvalue weighted by atomic mass is 9.69. The lowest BCUT2D eigenvalue weighted by Crippen LogP contribution is -2.33. The van der Waals surface area contributed by atoms with Gasteiger partial charge in [-0.1, -0.05) is 26.8 Å². The van der Waals surface area contributed by atoms with Gasteiger partial charge in [0.2, 0.25) is 6.79 Å². The van der Waals surface area contributed by atoms with Crippen LogP contribution < -0.4 is 14.9 Å². The maximum atomic E-state index is 5.39. The Morgan fingerprint density at radius 2 is 2.05 bits per heavy atom. The van der Waals surface area contributed by atoms with Gasteiger partial charge < -0.3 is 9.47 Å². The van der Waals surface area contributed by atoms with Crippen molar-refractivity contribution in [2.75, 3.05) is 6.79 Å². The summed E-state index contributed by atoms with van der Waals surface area (Å²) >= 11 is 0. The molecule has 1 N–H and O–H groups in total. The fraction of sp³-hybridized carbons (Fsp3) is 0.500. The summed E-state index contributed by atoms with van der Waals surface area (Å²) in [6.45, 7) is 7.40. The Balaban J connectivity index is 1.49. The molecule has 1 heterocycles. The van der Waals surface area contributed by atoms with Crippen molar-refractivity contribution in [3.63, 3.8) is 0 Å². The molecule has 22 heavy (non-hydrogen) atoms. The summed E-state index contributed by atoms with van der Waals surface area (Å²) < 4.78 is 10.7. The van der Waals surface area contributed by atoms with Crippen LogP contribution in [0.4, 0.5) is 0 Å². The number of nitrogens with one attached hydrogen (secondary N) is 1. The average Bonchev–Trinajstić information content (AvgIpc) is 3.09. The first kappa shape index (κ1) is 13.7. The monoisotopic (exact) mass is 298 g/mol. The van der Waals surface area contributed by atoms with Crippen LogP contribution in [-0.2, 0) is 0 Å². The quantitative estimate of drug-likeness (QED) is 0.684. The molecular weight excluding hydrogens is 276 g/mol. The van der Waals surface area contributed by atoms with E-state index in [-0.39, 0.29) is 5.41 Å². The number of hydrogen-bond donors (Lipinski definition) is 1. The van der Waals surface area contributed by atoms with Crippen molar-refractivity contribution in [2.45, 2.75) is 33.6 Å². The fourth-order valence-electron chi connectivity index (χ4n) is 4.03. The Morgan fingerprint density at radius 1 is 1.23 bits per heavy atom. The second kappa shape index (κ2) is 4.51. The molecule has 0 radical (unpaired) electrons. The van der Waals surface area contributed by atoms with Gasteiger partial charge in [0.25, 0.3) is 0 Å². The molecular formula is C18H22N2O2. The Bertz CT molecular complexity index is 678. The van der Waals surface area contributed by atoms with Gasteiger partial charge in [-0.3, -0.25) is 5.43 Å². The number of allylic oxidation sites excluding steroid dienone is 2. The molecule has 0 amide bonds. The molecule has 1 aliphatic heterocycles. The van der Waals surface area contributed by atoms with Gasteiger partial charge in [-0.05, 0) is 47.9 Å². The van der Waals surface area contributed by atoms with E-state index in [1.165, 1.54) is 18.5 Å². The Kier molecular flexibility index (Phi) is 2.80. The fourth-order valence-corrected chi connectivity index (χ4v) is 4.03. The zero-order valence-electron chi connectivity index (χ0n) is 13.3. The second-order valence-corrected chi connectivity index (χ2v) is 7.26. The highest BCUT2D eigenvalue weighted by Crippen LogP contribution is 2.64. The zero-order valence-corrected chi connectivity index (χ0v) is 13.3. The topological polar surface area (TPSA) is 42.9 Å². The molecule has 0 spiro atoms. The molecule has 1 fully saturated rings. The van der Waals surface area contributed by atoms with E-state index in [2.05, 4.69) is 37.4 Å². The number of fused-ring (bicyclic) bond motifs is 3. The highest BCUT2D eigenvalue weighted by molar-refractivity contribution is 5.80. The molecule has 3 aliphatic rings. The predicted molar refractivity (Wildman–Crippen MR) is 86.0 cm³/mol. The molecule has 1 aromatic rings.